The number of nitriles is 1. The minimum absolute atomic E-state index is 0.0363. The Morgan fingerprint density at radius 2 is 1.94 bits per heavy atom. The summed E-state index contributed by atoms with van der Waals surface area (Å²) in [6.07, 6.45) is 7.32. The minimum Gasteiger partial charge on any atom is -0.494 e. The van der Waals surface area contributed by atoms with Crippen LogP contribution in [0.1, 0.15) is 65.9 Å². The first kappa shape index (κ1) is 23.6. The van der Waals surface area contributed by atoms with Gasteiger partial charge in [-0.1, -0.05) is 25.5 Å². The predicted octanol–water partition coefficient (Wildman–Crippen LogP) is 5.53. The summed E-state index contributed by atoms with van der Waals surface area (Å²) in [4.78, 5) is 26.5. The van der Waals surface area contributed by atoms with Gasteiger partial charge in [-0.25, -0.2) is 4.79 Å². The van der Waals surface area contributed by atoms with Crippen molar-refractivity contribution in [2.24, 2.45) is 0 Å². The molecule has 1 aliphatic rings. The number of fused-ring (bicyclic) bond motifs is 1. The number of carbonyl (C=O) groups is 2. The fraction of sp³-hybridized carbons (Fsp3) is 0.400. The van der Waals surface area contributed by atoms with Gasteiger partial charge < -0.3 is 14.8 Å². The SMILES string of the molecule is CCCCOc1ccc(/C=C(/C#N)C(=O)Nc2sc3c(c2C(=O)OCC)CCCC3)cc1. The van der Waals surface area contributed by atoms with Crippen molar-refractivity contribution in [3.05, 3.63) is 51.4 Å². The number of nitrogens with one attached hydrogen (secondary N) is 1. The monoisotopic (exact) mass is 452 g/mol. The Bertz CT molecular complexity index is 1030. The van der Waals surface area contributed by atoms with Gasteiger partial charge in [-0.15, -0.1) is 11.3 Å². The number of thiophene rings is 1. The number of benzene rings is 1. The van der Waals surface area contributed by atoms with Crippen molar-refractivity contribution in [3.8, 4) is 11.8 Å². The average molecular weight is 453 g/mol. The normalized spacial score (nSPS) is 13.1. The molecule has 0 saturated carbocycles. The van der Waals surface area contributed by atoms with E-state index in [1.807, 2.05) is 18.2 Å². The number of hydrogen-bond acceptors (Lipinski definition) is 6. The summed E-state index contributed by atoms with van der Waals surface area (Å²) < 4.78 is 10.9. The Labute approximate surface area is 192 Å². The van der Waals surface area contributed by atoms with Gasteiger partial charge in [-0.3, -0.25) is 4.79 Å². The van der Waals surface area contributed by atoms with Crippen LogP contribution in [0.2, 0.25) is 0 Å². The third kappa shape index (κ3) is 5.77. The third-order valence-corrected chi connectivity index (χ3v) is 6.41. The lowest BCUT2D eigenvalue weighted by molar-refractivity contribution is -0.112. The predicted molar refractivity (Wildman–Crippen MR) is 126 cm³/mol. The second kappa shape index (κ2) is 11.5. The lowest BCUT2D eigenvalue weighted by Gasteiger charge is -2.12. The molecule has 1 aliphatic carbocycles. The molecule has 0 saturated heterocycles. The zero-order chi connectivity index (χ0) is 22.9. The van der Waals surface area contributed by atoms with Gasteiger partial charge in [0.15, 0.2) is 0 Å². The Morgan fingerprint density at radius 1 is 1.19 bits per heavy atom. The molecule has 1 aromatic heterocycles. The molecule has 168 valence electrons. The molecule has 2 aromatic rings. The molecule has 1 amide bonds. The van der Waals surface area contributed by atoms with Gasteiger partial charge in [-0.2, -0.15) is 5.26 Å². The van der Waals surface area contributed by atoms with Gasteiger partial charge in [0.1, 0.15) is 22.4 Å². The average Bonchev–Trinajstić information content (AvgIpc) is 3.16. The fourth-order valence-corrected chi connectivity index (χ4v) is 4.83. The maximum absolute atomic E-state index is 12.9. The van der Waals surface area contributed by atoms with Crippen LogP contribution in [0, 0.1) is 11.3 Å². The van der Waals surface area contributed by atoms with E-state index in [1.165, 1.54) is 17.4 Å². The van der Waals surface area contributed by atoms with Crippen molar-refractivity contribution in [1.82, 2.24) is 0 Å². The largest absolute Gasteiger partial charge is 0.494 e. The van der Waals surface area contributed by atoms with E-state index in [9.17, 15) is 14.9 Å². The number of anilines is 1. The van der Waals surface area contributed by atoms with Crippen molar-refractivity contribution < 1.29 is 19.1 Å². The molecule has 0 unspecified atom stereocenters. The minimum atomic E-state index is -0.542. The lowest BCUT2D eigenvalue weighted by atomic mass is 9.95. The second-order valence-corrected chi connectivity index (χ2v) is 8.64. The van der Waals surface area contributed by atoms with E-state index >= 15 is 0 Å². The number of amides is 1. The second-order valence-electron chi connectivity index (χ2n) is 7.53. The molecule has 0 aliphatic heterocycles. The third-order valence-electron chi connectivity index (χ3n) is 5.20. The van der Waals surface area contributed by atoms with E-state index in [0.29, 0.717) is 17.2 Å². The highest BCUT2D eigenvalue weighted by Gasteiger charge is 2.27. The number of aryl methyl sites for hydroxylation is 1. The highest BCUT2D eigenvalue weighted by molar-refractivity contribution is 7.17. The van der Waals surface area contributed by atoms with Gasteiger partial charge in [0.2, 0.25) is 0 Å². The molecule has 1 N–H and O–H groups in total. The van der Waals surface area contributed by atoms with Gasteiger partial charge in [0, 0.05) is 4.88 Å². The van der Waals surface area contributed by atoms with E-state index in [2.05, 4.69) is 12.2 Å². The Kier molecular flexibility index (Phi) is 8.46. The zero-order valence-electron chi connectivity index (χ0n) is 18.5. The van der Waals surface area contributed by atoms with E-state index in [4.69, 9.17) is 9.47 Å². The summed E-state index contributed by atoms with van der Waals surface area (Å²) in [6.45, 7) is 4.78. The summed E-state index contributed by atoms with van der Waals surface area (Å²) in [5, 5.41) is 12.8. The summed E-state index contributed by atoms with van der Waals surface area (Å²) in [5.74, 6) is -0.218. The maximum atomic E-state index is 12.9. The van der Waals surface area contributed by atoms with Crippen molar-refractivity contribution in [3.63, 3.8) is 0 Å². The number of unbranched alkanes of at least 4 members (excludes halogenated alkanes) is 1. The Morgan fingerprint density at radius 3 is 2.62 bits per heavy atom. The first-order chi connectivity index (χ1) is 15.6. The molecule has 0 atom stereocenters. The maximum Gasteiger partial charge on any atom is 0.341 e. The number of rotatable bonds is 9. The Balaban J connectivity index is 1.79. The molecule has 0 bridgehead atoms. The quantitative estimate of drug-likeness (QED) is 0.234. The lowest BCUT2D eigenvalue weighted by Crippen LogP contribution is -2.16. The summed E-state index contributed by atoms with van der Waals surface area (Å²) in [6, 6.07) is 9.22. The topological polar surface area (TPSA) is 88.4 Å². The van der Waals surface area contributed by atoms with Crippen molar-refractivity contribution in [2.45, 2.75) is 52.4 Å². The van der Waals surface area contributed by atoms with Gasteiger partial charge in [0.05, 0.1) is 18.8 Å². The number of esters is 1. The van der Waals surface area contributed by atoms with Crippen LogP contribution in [-0.2, 0) is 22.4 Å². The molecule has 7 heteroatoms. The van der Waals surface area contributed by atoms with Crippen LogP contribution < -0.4 is 10.1 Å². The number of hydrogen-bond donors (Lipinski definition) is 1. The Hall–Kier alpha value is -3.11. The highest BCUT2D eigenvalue weighted by atomic mass is 32.1. The highest BCUT2D eigenvalue weighted by Crippen LogP contribution is 2.38. The number of nitrogens with zero attached hydrogens (tertiary/aromatic N) is 1. The van der Waals surface area contributed by atoms with Crippen LogP contribution in [0.15, 0.2) is 29.8 Å². The van der Waals surface area contributed by atoms with Gasteiger partial charge >= 0.3 is 5.97 Å². The molecule has 0 radical (unpaired) electrons. The summed E-state index contributed by atoms with van der Waals surface area (Å²) in [7, 11) is 0. The van der Waals surface area contributed by atoms with E-state index in [0.717, 1.165) is 60.3 Å². The van der Waals surface area contributed by atoms with Gasteiger partial charge in [0.25, 0.3) is 5.91 Å². The molecular formula is C25H28N2O4S. The molecule has 6 nitrogen and oxygen atoms in total. The molecule has 0 spiro atoms. The molecular weight excluding hydrogens is 424 g/mol. The molecule has 1 heterocycles. The summed E-state index contributed by atoms with van der Waals surface area (Å²) in [5.41, 5.74) is 2.09. The van der Waals surface area contributed by atoms with E-state index in [-0.39, 0.29) is 12.2 Å². The van der Waals surface area contributed by atoms with Crippen LogP contribution in [0.25, 0.3) is 6.08 Å². The molecule has 32 heavy (non-hydrogen) atoms. The van der Waals surface area contributed by atoms with E-state index in [1.54, 1.807) is 19.1 Å². The van der Waals surface area contributed by atoms with Crippen LogP contribution in [0.4, 0.5) is 5.00 Å². The fourth-order valence-electron chi connectivity index (χ4n) is 3.55. The summed E-state index contributed by atoms with van der Waals surface area (Å²) >= 11 is 1.40. The first-order valence-corrected chi connectivity index (χ1v) is 11.9. The van der Waals surface area contributed by atoms with Crippen molar-refractivity contribution >= 4 is 34.3 Å². The van der Waals surface area contributed by atoms with E-state index < -0.39 is 11.9 Å². The van der Waals surface area contributed by atoms with Crippen LogP contribution in [0.3, 0.4) is 0 Å². The first-order valence-electron chi connectivity index (χ1n) is 11.0. The van der Waals surface area contributed by atoms with Crippen molar-refractivity contribution in [1.29, 1.82) is 5.26 Å². The van der Waals surface area contributed by atoms with Crippen LogP contribution >= 0.6 is 11.3 Å². The number of ether oxygens (including phenoxy) is 2. The standard InChI is InChI=1S/C25H28N2O4S/c1-3-5-14-31-19-12-10-17(11-13-19)15-18(16-26)23(28)27-24-22(25(29)30-4-2)20-8-6-7-9-21(20)32-24/h10-13,15H,3-9,14H2,1-2H3,(H,27,28)/b18-15-. The molecule has 3 rings (SSSR count). The van der Waals surface area contributed by atoms with Crippen LogP contribution in [0.5, 0.6) is 5.75 Å². The zero-order valence-corrected chi connectivity index (χ0v) is 19.3. The van der Waals surface area contributed by atoms with Gasteiger partial charge in [-0.05, 0) is 68.4 Å². The van der Waals surface area contributed by atoms with Crippen molar-refractivity contribution in [2.75, 3.05) is 18.5 Å². The molecule has 1 aromatic carbocycles. The smallest absolute Gasteiger partial charge is 0.341 e. The number of carbonyl (C=O) groups excluding carboxylic acids is 2. The molecule has 0 fully saturated rings. The van der Waals surface area contributed by atoms with Crippen LogP contribution in [-0.4, -0.2) is 25.1 Å².